The highest BCUT2D eigenvalue weighted by molar-refractivity contribution is 5.95. The number of rotatable bonds is 10. The fourth-order valence-corrected chi connectivity index (χ4v) is 2.71. The van der Waals surface area contributed by atoms with Gasteiger partial charge in [-0.05, 0) is 55.2 Å². The zero-order valence-corrected chi connectivity index (χ0v) is 18.0. The van der Waals surface area contributed by atoms with Crippen LogP contribution in [0.4, 0.5) is 0 Å². The number of carbonyl (C=O) groups excluding carboxylic acids is 2. The second-order valence-electron chi connectivity index (χ2n) is 7.06. The second kappa shape index (κ2) is 11.8. The average molecular weight is 415 g/mol. The number of hydrogen-bond acceptors (Lipinski definition) is 5. The Morgan fingerprint density at radius 2 is 1.80 bits per heavy atom. The number of benzene rings is 2. The smallest absolute Gasteiger partial charge is 0.276 e. The van der Waals surface area contributed by atoms with Gasteiger partial charge in [-0.1, -0.05) is 32.0 Å². The first-order valence-corrected chi connectivity index (χ1v) is 10.0. The number of carbonyl (C=O) groups is 2. The van der Waals surface area contributed by atoms with Crippen LogP contribution in [0.5, 0.6) is 11.5 Å². The van der Waals surface area contributed by atoms with Gasteiger partial charge in [0, 0.05) is 12.2 Å². The molecule has 0 atom stereocenters. The van der Waals surface area contributed by atoms with Crippen molar-refractivity contribution in [1.29, 1.82) is 0 Å². The molecular weight excluding hydrogens is 384 g/mol. The van der Waals surface area contributed by atoms with Crippen LogP contribution in [0, 0.1) is 6.92 Å². The first kappa shape index (κ1) is 23.2. The fraction of sp³-hybridized carbons (Fsp3) is 0.391. The third kappa shape index (κ3) is 7.40. The SMILES string of the molecule is CCOCCOc1cccc(C(=O)NNC(=O)COc2cc(C)ccc2C(C)C)c1. The van der Waals surface area contributed by atoms with Gasteiger partial charge < -0.3 is 14.2 Å². The Kier molecular flexibility index (Phi) is 9.15. The van der Waals surface area contributed by atoms with E-state index in [4.69, 9.17) is 14.2 Å². The van der Waals surface area contributed by atoms with Crippen molar-refractivity contribution < 1.29 is 23.8 Å². The maximum atomic E-state index is 12.3. The lowest BCUT2D eigenvalue weighted by molar-refractivity contribution is -0.123. The minimum absolute atomic E-state index is 0.204. The van der Waals surface area contributed by atoms with Crippen LogP contribution in [0.2, 0.25) is 0 Å². The zero-order chi connectivity index (χ0) is 21.9. The third-order valence-corrected chi connectivity index (χ3v) is 4.26. The van der Waals surface area contributed by atoms with E-state index in [-0.39, 0.29) is 12.5 Å². The summed E-state index contributed by atoms with van der Waals surface area (Å²) in [6, 6.07) is 12.6. The van der Waals surface area contributed by atoms with Crippen molar-refractivity contribution in [2.75, 3.05) is 26.4 Å². The molecule has 7 nitrogen and oxygen atoms in total. The average Bonchev–Trinajstić information content (AvgIpc) is 2.73. The van der Waals surface area contributed by atoms with E-state index in [9.17, 15) is 9.59 Å². The molecule has 0 aliphatic carbocycles. The summed E-state index contributed by atoms with van der Waals surface area (Å²) in [4.78, 5) is 24.4. The summed E-state index contributed by atoms with van der Waals surface area (Å²) in [6.45, 7) is 9.29. The van der Waals surface area contributed by atoms with E-state index in [0.29, 0.717) is 36.9 Å². The van der Waals surface area contributed by atoms with Crippen LogP contribution in [-0.4, -0.2) is 38.2 Å². The van der Waals surface area contributed by atoms with Crippen LogP contribution in [0.15, 0.2) is 42.5 Å². The molecule has 0 aliphatic heterocycles. The Morgan fingerprint density at radius 1 is 1.00 bits per heavy atom. The number of hydrazine groups is 1. The maximum absolute atomic E-state index is 12.3. The van der Waals surface area contributed by atoms with E-state index in [0.717, 1.165) is 11.1 Å². The third-order valence-electron chi connectivity index (χ3n) is 4.26. The van der Waals surface area contributed by atoms with Gasteiger partial charge in [0.05, 0.1) is 6.61 Å². The van der Waals surface area contributed by atoms with Crippen molar-refractivity contribution in [1.82, 2.24) is 10.9 Å². The van der Waals surface area contributed by atoms with Gasteiger partial charge in [0.1, 0.15) is 18.1 Å². The Bertz CT molecular complexity index is 851. The van der Waals surface area contributed by atoms with Crippen LogP contribution in [0.3, 0.4) is 0 Å². The van der Waals surface area contributed by atoms with Crippen LogP contribution < -0.4 is 20.3 Å². The molecule has 2 aromatic carbocycles. The molecule has 162 valence electrons. The monoisotopic (exact) mass is 414 g/mol. The summed E-state index contributed by atoms with van der Waals surface area (Å²) in [5.74, 6) is 0.591. The summed E-state index contributed by atoms with van der Waals surface area (Å²) in [6.07, 6.45) is 0. The molecule has 30 heavy (non-hydrogen) atoms. The highest BCUT2D eigenvalue weighted by atomic mass is 16.5. The molecule has 7 heteroatoms. The summed E-state index contributed by atoms with van der Waals surface area (Å²) in [7, 11) is 0. The second-order valence-corrected chi connectivity index (χ2v) is 7.06. The van der Waals surface area contributed by atoms with E-state index in [1.54, 1.807) is 24.3 Å². The molecule has 0 heterocycles. The number of amides is 2. The summed E-state index contributed by atoms with van der Waals surface area (Å²) >= 11 is 0. The van der Waals surface area contributed by atoms with Crippen molar-refractivity contribution in [3.63, 3.8) is 0 Å². The largest absolute Gasteiger partial charge is 0.491 e. The molecule has 2 amide bonds. The fourth-order valence-electron chi connectivity index (χ4n) is 2.71. The molecule has 2 rings (SSSR count). The Hall–Kier alpha value is -3.06. The summed E-state index contributed by atoms with van der Waals surface area (Å²) < 4.78 is 16.4. The van der Waals surface area contributed by atoms with Crippen molar-refractivity contribution in [3.8, 4) is 11.5 Å². The predicted molar refractivity (Wildman–Crippen MR) is 115 cm³/mol. The molecule has 2 N–H and O–H groups in total. The summed E-state index contributed by atoms with van der Waals surface area (Å²) in [5, 5.41) is 0. The lowest BCUT2D eigenvalue weighted by Crippen LogP contribution is -2.43. The molecule has 0 bridgehead atoms. The highest BCUT2D eigenvalue weighted by Gasteiger charge is 2.12. The van der Waals surface area contributed by atoms with Gasteiger partial charge in [-0.15, -0.1) is 0 Å². The molecular formula is C23H30N2O5. The molecule has 0 radical (unpaired) electrons. The summed E-state index contributed by atoms with van der Waals surface area (Å²) in [5.41, 5.74) is 7.20. The quantitative estimate of drug-likeness (QED) is 0.460. The topological polar surface area (TPSA) is 85.9 Å². The van der Waals surface area contributed by atoms with E-state index in [1.807, 2.05) is 32.0 Å². The van der Waals surface area contributed by atoms with Crippen molar-refractivity contribution >= 4 is 11.8 Å². The first-order chi connectivity index (χ1) is 14.4. The van der Waals surface area contributed by atoms with Gasteiger partial charge in [-0.2, -0.15) is 0 Å². The normalized spacial score (nSPS) is 10.6. The molecule has 0 fully saturated rings. The first-order valence-electron chi connectivity index (χ1n) is 10.0. The Balaban J connectivity index is 1.84. The number of hydrogen-bond donors (Lipinski definition) is 2. The van der Waals surface area contributed by atoms with Gasteiger partial charge >= 0.3 is 0 Å². The highest BCUT2D eigenvalue weighted by Crippen LogP contribution is 2.27. The van der Waals surface area contributed by atoms with Gasteiger partial charge in [0.15, 0.2) is 6.61 Å². The molecule has 0 spiro atoms. The number of nitrogens with one attached hydrogen (secondary N) is 2. The van der Waals surface area contributed by atoms with Gasteiger partial charge in [0.25, 0.3) is 11.8 Å². The lowest BCUT2D eigenvalue weighted by Gasteiger charge is -2.15. The molecule has 0 aliphatic rings. The van der Waals surface area contributed by atoms with Gasteiger partial charge in [0.2, 0.25) is 0 Å². The van der Waals surface area contributed by atoms with E-state index < -0.39 is 11.8 Å². The van der Waals surface area contributed by atoms with Gasteiger partial charge in [-0.25, -0.2) is 0 Å². The minimum Gasteiger partial charge on any atom is -0.491 e. The molecule has 0 saturated carbocycles. The van der Waals surface area contributed by atoms with E-state index >= 15 is 0 Å². The standard InChI is InChI=1S/C23H30N2O5/c1-5-28-11-12-29-19-8-6-7-18(14-19)23(27)25-24-22(26)15-30-21-13-17(4)9-10-20(21)16(2)3/h6-10,13-14,16H,5,11-12,15H2,1-4H3,(H,24,26)(H,25,27). The van der Waals surface area contributed by atoms with Crippen LogP contribution in [-0.2, 0) is 9.53 Å². The molecule has 0 unspecified atom stereocenters. The van der Waals surface area contributed by atoms with Crippen LogP contribution in [0.1, 0.15) is 48.2 Å². The Labute approximate surface area is 177 Å². The predicted octanol–water partition coefficient (Wildman–Crippen LogP) is 3.37. The maximum Gasteiger partial charge on any atom is 0.276 e. The van der Waals surface area contributed by atoms with Crippen molar-refractivity contribution in [3.05, 3.63) is 59.2 Å². The Morgan fingerprint density at radius 3 is 2.53 bits per heavy atom. The molecule has 2 aromatic rings. The lowest BCUT2D eigenvalue weighted by atomic mass is 10.0. The number of ether oxygens (including phenoxy) is 3. The zero-order valence-electron chi connectivity index (χ0n) is 18.0. The van der Waals surface area contributed by atoms with Crippen LogP contribution in [0.25, 0.3) is 0 Å². The van der Waals surface area contributed by atoms with Crippen molar-refractivity contribution in [2.24, 2.45) is 0 Å². The molecule has 0 aromatic heterocycles. The van der Waals surface area contributed by atoms with Gasteiger partial charge in [-0.3, -0.25) is 20.4 Å². The van der Waals surface area contributed by atoms with Crippen LogP contribution >= 0.6 is 0 Å². The number of aryl methyl sites for hydroxylation is 1. The van der Waals surface area contributed by atoms with Crippen molar-refractivity contribution in [2.45, 2.75) is 33.6 Å². The van der Waals surface area contributed by atoms with E-state index in [1.165, 1.54) is 0 Å². The minimum atomic E-state index is -0.455. The molecule has 0 saturated heterocycles. The van der Waals surface area contributed by atoms with E-state index in [2.05, 4.69) is 24.7 Å².